The van der Waals surface area contributed by atoms with Crippen LogP contribution < -0.4 is 4.74 Å². The summed E-state index contributed by atoms with van der Waals surface area (Å²) >= 11 is 0. The highest BCUT2D eigenvalue weighted by Gasteiger charge is 2.27. The molecule has 0 saturated carbocycles. The lowest BCUT2D eigenvalue weighted by Gasteiger charge is -2.26. The van der Waals surface area contributed by atoms with Crippen molar-refractivity contribution in [3.05, 3.63) is 71.0 Å². The lowest BCUT2D eigenvalue weighted by atomic mass is 10.0. The van der Waals surface area contributed by atoms with Gasteiger partial charge in [0.25, 0.3) is 0 Å². The van der Waals surface area contributed by atoms with Crippen molar-refractivity contribution >= 4 is 12.2 Å². The summed E-state index contributed by atoms with van der Waals surface area (Å²) in [7, 11) is 0. The van der Waals surface area contributed by atoms with Crippen LogP contribution in [0.2, 0.25) is 0 Å². The second kappa shape index (κ2) is 5.32. The molecule has 1 aliphatic rings. The van der Waals surface area contributed by atoms with Gasteiger partial charge in [-0.05, 0) is 19.1 Å². The molecule has 0 aromatic heterocycles. The number of rotatable bonds is 2. The second-order valence-electron chi connectivity index (χ2n) is 4.86. The number of carbonyl (C=O) groups is 1. The van der Waals surface area contributed by atoms with Crippen molar-refractivity contribution in [2.24, 2.45) is 0 Å². The molecule has 2 aromatic carbocycles. The van der Waals surface area contributed by atoms with Gasteiger partial charge in [-0.25, -0.2) is 4.79 Å². The van der Waals surface area contributed by atoms with E-state index in [-0.39, 0.29) is 5.76 Å². The molecule has 4 heteroatoms. The fourth-order valence-electron chi connectivity index (χ4n) is 2.37. The Kier molecular flexibility index (Phi) is 3.36. The van der Waals surface area contributed by atoms with E-state index in [0.29, 0.717) is 5.75 Å². The molecule has 0 radical (unpaired) electrons. The smallest absolute Gasteiger partial charge is 0.477 e. The molecule has 1 atom stereocenters. The zero-order valence-corrected chi connectivity index (χ0v) is 11.4. The number of benzene rings is 2. The minimum Gasteiger partial charge on any atom is -0.477 e. The van der Waals surface area contributed by atoms with Crippen molar-refractivity contribution in [2.45, 2.75) is 13.0 Å². The first-order valence-electron chi connectivity index (χ1n) is 6.58. The Hall–Kier alpha value is -2.75. The lowest BCUT2D eigenvalue weighted by molar-refractivity contribution is 0.0899. The predicted molar refractivity (Wildman–Crippen MR) is 78.1 cm³/mol. The SMILES string of the molecule is Cc1cccc(C2Oc3ccccc3C=C2OC(=O)O)c1. The van der Waals surface area contributed by atoms with Crippen LogP contribution in [0.4, 0.5) is 4.79 Å². The molecule has 2 aromatic rings. The number of fused-ring (bicyclic) bond motifs is 1. The van der Waals surface area contributed by atoms with Crippen molar-refractivity contribution in [3.8, 4) is 5.75 Å². The number of hydrogen-bond acceptors (Lipinski definition) is 3. The topological polar surface area (TPSA) is 55.8 Å². The van der Waals surface area contributed by atoms with Crippen LogP contribution in [-0.2, 0) is 4.74 Å². The predicted octanol–water partition coefficient (Wildman–Crippen LogP) is 4.16. The van der Waals surface area contributed by atoms with Gasteiger partial charge in [-0.1, -0.05) is 48.0 Å². The van der Waals surface area contributed by atoms with Crippen LogP contribution in [0.5, 0.6) is 5.75 Å². The van der Waals surface area contributed by atoms with Gasteiger partial charge < -0.3 is 14.6 Å². The summed E-state index contributed by atoms with van der Waals surface area (Å²) in [5.74, 6) is 0.980. The number of para-hydroxylation sites is 1. The Bertz CT molecular complexity index is 718. The van der Waals surface area contributed by atoms with E-state index in [1.807, 2.05) is 55.5 Å². The Labute approximate surface area is 122 Å². The van der Waals surface area contributed by atoms with Gasteiger partial charge in [-0.2, -0.15) is 0 Å². The Morgan fingerprint density at radius 3 is 2.76 bits per heavy atom. The number of carboxylic acid groups (broad SMARTS) is 1. The summed E-state index contributed by atoms with van der Waals surface area (Å²) in [4.78, 5) is 10.9. The molecule has 1 aliphatic heterocycles. The second-order valence-corrected chi connectivity index (χ2v) is 4.86. The van der Waals surface area contributed by atoms with Crippen LogP contribution in [0.1, 0.15) is 22.8 Å². The number of hydrogen-bond donors (Lipinski definition) is 1. The van der Waals surface area contributed by atoms with Crippen LogP contribution in [-0.4, -0.2) is 11.3 Å². The first-order valence-corrected chi connectivity index (χ1v) is 6.58. The van der Waals surface area contributed by atoms with E-state index in [1.54, 1.807) is 6.08 Å². The molecule has 0 aliphatic carbocycles. The maximum atomic E-state index is 10.9. The molecule has 0 amide bonds. The molecule has 1 N–H and O–H groups in total. The Morgan fingerprint density at radius 1 is 1.19 bits per heavy atom. The van der Waals surface area contributed by atoms with E-state index in [0.717, 1.165) is 16.7 Å². The molecule has 1 unspecified atom stereocenters. The first kappa shape index (κ1) is 13.2. The zero-order chi connectivity index (χ0) is 14.8. The third-order valence-corrected chi connectivity index (χ3v) is 3.27. The molecule has 0 saturated heterocycles. The van der Waals surface area contributed by atoms with Gasteiger partial charge in [0.2, 0.25) is 0 Å². The molecule has 1 heterocycles. The summed E-state index contributed by atoms with van der Waals surface area (Å²) < 4.78 is 10.8. The highest BCUT2D eigenvalue weighted by atomic mass is 16.7. The quantitative estimate of drug-likeness (QED) is 0.840. The fraction of sp³-hybridized carbons (Fsp3) is 0.118. The van der Waals surface area contributed by atoms with Crippen molar-refractivity contribution in [1.82, 2.24) is 0 Å². The van der Waals surface area contributed by atoms with Crippen LogP contribution in [0.3, 0.4) is 0 Å². The minimum absolute atomic E-state index is 0.270. The highest BCUT2D eigenvalue weighted by Crippen LogP contribution is 2.37. The molecular formula is C17H14O4. The van der Waals surface area contributed by atoms with E-state index in [9.17, 15) is 4.79 Å². The first-order chi connectivity index (χ1) is 10.1. The summed E-state index contributed by atoms with van der Waals surface area (Å²) in [5.41, 5.74) is 2.74. The van der Waals surface area contributed by atoms with Gasteiger partial charge in [-0.15, -0.1) is 0 Å². The van der Waals surface area contributed by atoms with Crippen molar-refractivity contribution in [3.63, 3.8) is 0 Å². The molecular weight excluding hydrogens is 268 g/mol. The third kappa shape index (κ3) is 2.74. The van der Waals surface area contributed by atoms with E-state index in [2.05, 4.69) is 0 Å². The van der Waals surface area contributed by atoms with Crippen LogP contribution >= 0.6 is 0 Å². The molecule has 3 rings (SSSR count). The fourth-order valence-corrected chi connectivity index (χ4v) is 2.37. The van der Waals surface area contributed by atoms with Gasteiger partial charge in [0.15, 0.2) is 11.9 Å². The number of ether oxygens (including phenoxy) is 2. The van der Waals surface area contributed by atoms with Gasteiger partial charge >= 0.3 is 6.16 Å². The van der Waals surface area contributed by atoms with Crippen LogP contribution in [0, 0.1) is 6.92 Å². The summed E-state index contributed by atoms with van der Waals surface area (Å²) in [6, 6.07) is 15.2. The third-order valence-electron chi connectivity index (χ3n) is 3.27. The highest BCUT2D eigenvalue weighted by molar-refractivity contribution is 5.67. The summed E-state index contributed by atoms with van der Waals surface area (Å²) in [6.07, 6.45) is -0.197. The minimum atomic E-state index is -1.35. The van der Waals surface area contributed by atoms with Crippen LogP contribution in [0.25, 0.3) is 6.08 Å². The van der Waals surface area contributed by atoms with Crippen LogP contribution in [0.15, 0.2) is 54.3 Å². The average Bonchev–Trinajstić information content (AvgIpc) is 2.46. The normalized spacial score (nSPS) is 16.4. The Balaban J connectivity index is 2.05. The van der Waals surface area contributed by atoms with E-state index < -0.39 is 12.3 Å². The molecule has 0 fully saturated rings. The molecule has 106 valence electrons. The van der Waals surface area contributed by atoms with Gasteiger partial charge in [0, 0.05) is 11.1 Å². The molecule has 21 heavy (non-hydrogen) atoms. The maximum absolute atomic E-state index is 10.9. The summed E-state index contributed by atoms with van der Waals surface area (Å²) in [6.45, 7) is 1.97. The lowest BCUT2D eigenvalue weighted by Crippen LogP contribution is -2.18. The molecule has 4 nitrogen and oxygen atoms in total. The van der Waals surface area contributed by atoms with Crippen molar-refractivity contribution in [1.29, 1.82) is 0 Å². The van der Waals surface area contributed by atoms with Gasteiger partial charge in [-0.3, -0.25) is 0 Å². The van der Waals surface area contributed by atoms with E-state index in [4.69, 9.17) is 14.6 Å². The molecule has 0 spiro atoms. The van der Waals surface area contributed by atoms with Gasteiger partial charge in [0.05, 0.1) is 0 Å². The standard InChI is InChI=1S/C17H14O4/c1-11-5-4-7-13(9-11)16-15(21-17(18)19)10-12-6-2-3-8-14(12)20-16/h2-10,16H,1H3,(H,18,19). The molecule has 0 bridgehead atoms. The van der Waals surface area contributed by atoms with Crippen molar-refractivity contribution in [2.75, 3.05) is 0 Å². The Morgan fingerprint density at radius 2 is 2.00 bits per heavy atom. The largest absolute Gasteiger partial charge is 0.511 e. The van der Waals surface area contributed by atoms with E-state index >= 15 is 0 Å². The monoisotopic (exact) mass is 282 g/mol. The maximum Gasteiger partial charge on any atom is 0.511 e. The number of aryl methyl sites for hydroxylation is 1. The van der Waals surface area contributed by atoms with E-state index in [1.165, 1.54) is 0 Å². The van der Waals surface area contributed by atoms with Gasteiger partial charge in [0.1, 0.15) is 5.75 Å². The summed E-state index contributed by atoms with van der Waals surface area (Å²) in [5, 5.41) is 8.91. The average molecular weight is 282 g/mol. The zero-order valence-electron chi connectivity index (χ0n) is 11.4. The van der Waals surface area contributed by atoms with Crippen molar-refractivity contribution < 1.29 is 19.4 Å².